The van der Waals surface area contributed by atoms with Gasteiger partial charge in [0.05, 0.1) is 25.1 Å². The molecular weight excluding hydrogens is 318 g/mol. The van der Waals surface area contributed by atoms with E-state index in [1.54, 1.807) is 4.57 Å². The van der Waals surface area contributed by atoms with Crippen molar-refractivity contribution >= 4 is 28.7 Å². The van der Waals surface area contributed by atoms with Crippen LogP contribution in [0.1, 0.15) is 12.5 Å². The van der Waals surface area contributed by atoms with Crippen LogP contribution in [0.4, 0.5) is 5.82 Å². The number of hydrogen-bond acceptors (Lipinski definition) is 8. The standard InChI is InChI=1S/C14H19N5O3S/c1-3-14(5-20)4-7(9(21)10(14)22)19-6-16-8-11(15)17-13(23-2)18-12(8)19/h3,6-7,9-10,20-22H,1,4-5H2,2H3,(H2,15,17,18)/t7-,9?,10?,14-/m1/s1. The highest BCUT2D eigenvalue weighted by Gasteiger charge is 2.51. The number of anilines is 1. The van der Waals surface area contributed by atoms with Crippen molar-refractivity contribution in [3.05, 3.63) is 19.0 Å². The molecule has 5 N–H and O–H groups in total. The minimum absolute atomic E-state index is 0.267. The van der Waals surface area contributed by atoms with Crippen LogP contribution in [0.5, 0.6) is 0 Å². The predicted molar refractivity (Wildman–Crippen MR) is 86.9 cm³/mol. The molecule has 0 saturated heterocycles. The Hall–Kier alpha value is -1.68. The number of nitrogen functional groups attached to an aromatic ring is 1. The van der Waals surface area contributed by atoms with E-state index in [0.29, 0.717) is 22.7 Å². The third-order valence-corrected chi connectivity index (χ3v) is 5.11. The van der Waals surface area contributed by atoms with E-state index in [4.69, 9.17) is 5.73 Å². The molecule has 2 aromatic rings. The van der Waals surface area contributed by atoms with Crippen molar-refractivity contribution in [2.45, 2.75) is 29.8 Å². The monoisotopic (exact) mass is 337 g/mol. The summed E-state index contributed by atoms with van der Waals surface area (Å²) in [6.07, 6.45) is 2.98. The molecule has 1 aliphatic rings. The van der Waals surface area contributed by atoms with E-state index in [-0.39, 0.29) is 12.4 Å². The number of aliphatic hydroxyl groups is 3. The number of aliphatic hydroxyl groups excluding tert-OH is 3. The molecule has 9 heteroatoms. The molecule has 0 amide bonds. The minimum Gasteiger partial charge on any atom is -0.395 e. The summed E-state index contributed by atoms with van der Waals surface area (Å²) in [6, 6.07) is -0.496. The molecule has 0 radical (unpaired) electrons. The van der Waals surface area contributed by atoms with Gasteiger partial charge < -0.3 is 25.6 Å². The lowest BCUT2D eigenvalue weighted by Crippen LogP contribution is -2.37. The second-order valence-electron chi connectivity index (χ2n) is 5.72. The average molecular weight is 337 g/mol. The number of hydrogen-bond donors (Lipinski definition) is 4. The van der Waals surface area contributed by atoms with Gasteiger partial charge in [0.25, 0.3) is 0 Å². The average Bonchev–Trinajstić information content (AvgIpc) is 3.09. The molecule has 8 nitrogen and oxygen atoms in total. The van der Waals surface area contributed by atoms with E-state index in [0.717, 1.165) is 0 Å². The van der Waals surface area contributed by atoms with Gasteiger partial charge in [0.2, 0.25) is 0 Å². The molecule has 0 aromatic carbocycles. The highest BCUT2D eigenvalue weighted by Crippen LogP contribution is 2.46. The van der Waals surface area contributed by atoms with Crippen molar-refractivity contribution in [2.75, 3.05) is 18.6 Å². The molecule has 0 bridgehead atoms. The van der Waals surface area contributed by atoms with Gasteiger partial charge >= 0.3 is 0 Å². The fraction of sp³-hybridized carbons (Fsp3) is 0.500. The van der Waals surface area contributed by atoms with E-state index < -0.39 is 23.7 Å². The first kappa shape index (κ1) is 16.2. The summed E-state index contributed by atoms with van der Waals surface area (Å²) in [7, 11) is 0. The van der Waals surface area contributed by atoms with Crippen LogP contribution in [0.2, 0.25) is 0 Å². The predicted octanol–water partition coefficient (Wildman–Crippen LogP) is -0.0383. The van der Waals surface area contributed by atoms with Crippen LogP contribution in [0.15, 0.2) is 24.1 Å². The van der Waals surface area contributed by atoms with Crippen LogP contribution < -0.4 is 5.73 Å². The summed E-state index contributed by atoms with van der Waals surface area (Å²) in [4.78, 5) is 12.8. The van der Waals surface area contributed by atoms with Gasteiger partial charge in [-0.15, -0.1) is 6.58 Å². The van der Waals surface area contributed by atoms with E-state index in [1.165, 1.54) is 24.2 Å². The number of nitrogens with two attached hydrogens (primary N) is 1. The van der Waals surface area contributed by atoms with Crippen molar-refractivity contribution in [1.82, 2.24) is 19.5 Å². The van der Waals surface area contributed by atoms with Crippen molar-refractivity contribution in [1.29, 1.82) is 0 Å². The van der Waals surface area contributed by atoms with Gasteiger partial charge in [-0.2, -0.15) is 0 Å². The molecule has 1 saturated carbocycles. The summed E-state index contributed by atoms with van der Waals surface area (Å²) < 4.78 is 1.68. The van der Waals surface area contributed by atoms with E-state index in [9.17, 15) is 15.3 Å². The summed E-state index contributed by atoms with van der Waals surface area (Å²) >= 11 is 1.35. The van der Waals surface area contributed by atoms with Gasteiger partial charge in [0.15, 0.2) is 16.6 Å². The number of fused-ring (bicyclic) bond motifs is 1. The highest BCUT2D eigenvalue weighted by atomic mass is 32.2. The fourth-order valence-electron chi connectivity index (χ4n) is 3.12. The van der Waals surface area contributed by atoms with Crippen molar-refractivity contribution in [3.8, 4) is 0 Å². The Morgan fingerprint density at radius 2 is 2.26 bits per heavy atom. The van der Waals surface area contributed by atoms with Crippen LogP contribution in [-0.4, -0.2) is 59.9 Å². The quantitative estimate of drug-likeness (QED) is 0.347. The molecule has 23 heavy (non-hydrogen) atoms. The summed E-state index contributed by atoms with van der Waals surface area (Å²) in [5, 5.41) is 30.9. The van der Waals surface area contributed by atoms with Crippen LogP contribution in [0.25, 0.3) is 11.2 Å². The SMILES string of the molecule is C=C[C@]1(CO)C[C@@H](n2cnc3c(N)nc(SC)nc32)C(O)C1O. The zero-order valence-corrected chi connectivity index (χ0v) is 13.4. The smallest absolute Gasteiger partial charge is 0.191 e. The molecule has 0 spiro atoms. The maximum absolute atomic E-state index is 10.4. The molecule has 2 aromatic heterocycles. The van der Waals surface area contributed by atoms with Crippen LogP contribution in [-0.2, 0) is 0 Å². The Labute approximate surface area is 137 Å². The van der Waals surface area contributed by atoms with E-state index in [1.807, 2.05) is 6.26 Å². The Bertz CT molecular complexity index is 751. The molecule has 4 atom stereocenters. The third-order valence-electron chi connectivity index (χ3n) is 4.56. The largest absolute Gasteiger partial charge is 0.395 e. The maximum Gasteiger partial charge on any atom is 0.191 e. The first-order chi connectivity index (χ1) is 11.0. The molecule has 1 fully saturated rings. The Morgan fingerprint density at radius 1 is 1.52 bits per heavy atom. The fourth-order valence-corrected chi connectivity index (χ4v) is 3.49. The Kier molecular flexibility index (Phi) is 4.05. The van der Waals surface area contributed by atoms with Crippen LogP contribution >= 0.6 is 11.8 Å². The first-order valence-electron chi connectivity index (χ1n) is 7.12. The molecule has 2 unspecified atom stereocenters. The van der Waals surface area contributed by atoms with E-state index in [2.05, 4.69) is 21.5 Å². The van der Waals surface area contributed by atoms with Gasteiger partial charge in [-0.05, 0) is 12.7 Å². The highest BCUT2D eigenvalue weighted by molar-refractivity contribution is 7.98. The zero-order valence-electron chi connectivity index (χ0n) is 12.6. The van der Waals surface area contributed by atoms with Crippen LogP contribution in [0.3, 0.4) is 0 Å². The number of imidazole rings is 1. The lowest BCUT2D eigenvalue weighted by Gasteiger charge is -2.26. The van der Waals surface area contributed by atoms with Gasteiger partial charge in [-0.3, -0.25) is 0 Å². The second kappa shape index (κ2) is 5.75. The molecule has 1 aliphatic carbocycles. The topological polar surface area (TPSA) is 130 Å². The third kappa shape index (κ3) is 2.31. The van der Waals surface area contributed by atoms with Crippen LogP contribution in [0, 0.1) is 5.41 Å². The lowest BCUT2D eigenvalue weighted by molar-refractivity contribution is -0.0285. The second-order valence-corrected chi connectivity index (χ2v) is 6.50. The van der Waals surface area contributed by atoms with Crippen molar-refractivity contribution < 1.29 is 15.3 Å². The van der Waals surface area contributed by atoms with Crippen molar-refractivity contribution in [2.24, 2.45) is 5.41 Å². The summed E-state index contributed by atoms with van der Waals surface area (Å²) in [5.74, 6) is 0.267. The number of thioether (sulfide) groups is 1. The molecule has 3 rings (SSSR count). The number of rotatable bonds is 4. The lowest BCUT2D eigenvalue weighted by atomic mass is 9.85. The molecule has 2 heterocycles. The summed E-state index contributed by atoms with van der Waals surface area (Å²) in [5.41, 5.74) is 5.89. The number of aromatic nitrogens is 4. The van der Waals surface area contributed by atoms with Crippen molar-refractivity contribution in [3.63, 3.8) is 0 Å². The van der Waals surface area contributed by atoms with Gasteiger partial charge in [0, 0.05) is 5.41 Å². The molecule has 124 valence electrons. The van der Waals surface area contributed by atoms with Gasteiger partial charge in [-0.25, -0.2) is 15.0 Å². The van der Waals surface area contributed by atoms with Gasteiger partial charge in [-0.1, -0.05) is 17.8 Å². The molecular formula is C14H19N5O3S. The Balaban J connectivity index is 2.10. The maximum atomic E-state index is 10.4. The zero-order chi connectivity index (χ0) is 16.8. The number of nitrogens with zero attached hydrogens (tertiary/aromatic N) is 4. The van der Waals surface area contributed by atoms with Gasteiger partial charge in [0.1, 0.15) is 11.6 Å². The summed E-state index contributed by atoms with van der Waals surface area (Å²) in [6.45, 7) is 3.38. The minimum atomic E-state index is -1.12. The van der Waals surface area contributed by atoms with E-state index >= 15 is 0 Å². The molecule has 0 aliphatic heterocycles. The Morgan fingerprint density at radius 3 is 2.83 bits per heavy atom. The first-order valence-corrected chi connectivity index (χ1v) is 8.34. The normalized spacial score (nSPS) is 30.9.